The molecule has 11 heteroatoms. The Morgan fingerprint density at radius 2 is 1.15 bits per heavy atom. The molecular weight excluding hydrogens is 668 g/mol. The van der Waals surface area contributed by atoms with Gasteiger partial charge in [-0.3, -0.25) is 4.90 Å². The molecule has 0 amide bonds. The highest BCUT2D eigenvalue weighted by atomic mass is 16.5. The van der Waals surface area contributed by atoms with Crippen LogP contribution in [-0.4, -0.2) is 166 Å². The Balaban J connectivity index is 0.000000139. The summed E-state index contributed by atoms with van der Waals surface area (Å²) in [5.74, 6) is 2.42. The number of morpholine rings is 1. The van der Waals surface area contributed by atoms with E-state index in [-0.39, 0.29) is 0 Å². The molecule has 8 aliphatic rings. The second-order valence-corrected chi connectivity index (χ2v) is 17.5. The first-order valence-electron chi connectivity index (χ1n) is 22.2. The van der Waals surface area contributed by atoms with Crippen molar-refractivity contribution in [2.75, 3.05) is 120 Å². The summed E-state index contributed by atoms with van der Waals surface area (Å²) in [4.78, 5) is 4.90. The molecule has 8 aliphatic heterocycles. The molecule has 4 N–H and O–H groups in total. The highest BCUT2D eigenvalue weighted by Crippen LogP contribution is 2.31. The van der Waals surface area contributed by atoms with Gasteiger partial charge in [0.1, 0.15) is 0 Å². The molecule has 0 radical (unpaired) electrons. The minimum atomic E-state index is 0.541. The number of nitrogens with one attached hydrogen (secondary N) is 4. The summed E-state index contributed by atoms with van der Waals surface area (Å²) in [5, 5.41) is 14.0. The lowest BCUT2D eigenvalue weighted by atomic mass is 9.93. The number of likely N-dealkylation sites (tertiary alicyclic amines) is 1. The van der Waals surface area contributed by atoms with Gasteiger partial charge < -0.3 is 49.9 Å². The molecule has 8 heterocycles. The molecule has 5 atom stereocenters. The van der Waals surface area contributed by atoms with E-state index >= 15 is 0 Å². The zero-order valence-corrected chi connectivity index (χ0v) is 34.3. The summed E-state index contributed by atoms with van der Waals surface area (Å²) in [6.07, 6.45) is 20.3. The molecule has 11 nitrogen and oxygen atoms in total. The molecule has 310 valence electrons. The second-order valence-electron chi connectivity index (χ2n) is 17.5. The van der Waals surface area contributed by atoms with Crippen molar-refractivity contribution < 1.29 is 23.7 Å². The summed E-state index contributed by atoms with van der Waals surface area (Å²) >= 11 is 0. The Morgan fingerprint density at radius 3 is 1.66 bits per heavy atom. The van der Waals surface area contributed by atoms with Gasteiger partial charge in [-0.25, -0.2) is 0 Å². The van der Waals surface area contributed by atoms with Crippen LogP contribution in [0.4, 0.5) is 0 Å². The molecule has 5 unspecified atom stereocenters. The average Bonchev–Trinajstić information content (AvgIpc) is 3.89. The van der Waals surface area contributed by atoms with E-state index in [1.807, 2.05) is 14.2 Å². The highest BCUT2D eigenvalue weighted by Gasteiger charge is 2.34. The fraction of sp³-hybridized carbons (Fsp3) is 1.00. The standard InChI is InChI=1S/C13H26N2O.C12H24N2O2.C9H17NO.C8H15NO/c1-15-9-2-3-13(15)6-10-16-11-12-4-7-14-8-5-12;1-3-13-4-2-12(1)11-16-10-7-14-5-8-15-9-6-14;1-11-6-7-4-8-2-3-9(5-7)10-8;1-10-8-4-6-2-3-7(5-8)9-6/h12-14H,2-11H2,1H3;12-13H,1-11H2;7-10H,2-6H2,1H3;6-9H,2-5H2,1H3. The van der Waals surface area contributed by atoms with Crippen LogP contribution < -0.4 is 21.3 Å². The fourth-order valence-electron chi connectivity index (χ4n) is 9.92. The van der Waals surface area contributed by atoms with Crippen LogP contribution in [0, 0.1) is 17.8 Å². The van der Waals surface area contributed by atoms with Crippen LogP contribution >= 0.6 is 0 Å². The van der Waals surface area contributed by atoms with E-state index in [1.54, 1.807) is 0 Å². The predicted molar refractivity (Wildman–Crippen MR) is 215 cm³/mol. The maximum Gasteiger partial charge on any atom is 0.0601 e. The van der Waals surface area contributed by atoms with E-state index in [0.717, 1.165) is 127 Å². The van der Waals surface area contributed by atoms with Crippen molar-refractivity contribution in [1.82, 2.24) is 31.1 Å². The van der Waals surface area contributed by atoms with Crippen LogP contribution in [0.1, 0.15) is 96.3 Å². The summed E-state index contributed by atoms with van der Waals surface area (Å²) in [5.41, 5.74) is 0. The van der Waals surface area contributed by atoms with Gasteiger partial charge in [0, 0.05) is 90.5 Å². The first-order valence-corrected chi connectivity index (χ1v) is 22.2. The smallest absolute Gasteiger partial charge is 0.0601 e. The van der Waals surface area contributed by atoms with Crippen LogP contribution in [0.25, 0.3) is 0 Å². The van der Waals surface area contributed by atoms with Crippen LogP contribution in [0.2, 0.25) is 0 Å². The average molecular weight is 751 g/mol. The van der Waals surface area contributed by atoms with Crippen LogP contribution in [0.15, 0.2) is 0 Å². The zero-order chi connectivity index (χ0) is 36.9. The Hall–Kier alpha value is -0.440. The third kappa shape index (κ3) is 16.9. The summed E-state index contributed by atoms with van der Waals surface area (Å²) in [6.45, 7) is 15.7. The number of hydrogen-bond acceptors (Lipinski definition) is 11. The Bertz CT molecular complexity index is 876. The van der Waals surface area contributed by atoms with Gasteiger partial charge in [-0.15, -0.1) is 0 Å². The minimum Gasteiger partial charge on any atom is -0.384 e. The highest BCUT2D eigenvalue weighted by molar-refractivity contribution is 4.93. The molecule has 8 saturated heterocycles. The molecule has 53 heavy (non-hydrogen) atoms. The van der Waals surface area contributed by atoms with Crippen LogP contribution in [0.3, 0.4) is 0 Å². The Morgan fingerprint density at radius 1 is 0.604 bits per heavy atom. The number of methoxy groups -OCH3 is 2. The Labute approximate surface area is 324 Å². The number of nitrogens with zero attached hydrogens (tertiary/aromatic N) is 2. The maximum absolute atomic E-state index is 5.83. The van der Waals surface area contributed by atoms with Gasteiger partial charge in [-0.2, -0.15) is 0 Å². The third-order valence-electron chi connectivity index (χ3n) is 13.3. The SMILES string of the molecule is C1CC(COCCN2CCOCC2)CCN1.CN1CCCC1CCOCC1CCNCC1.COC1CC2CCC(C1)N2.COCC1CC2CCC(C1)N2. The largest absolute Gasteiger partial charge is 0.384 e. The first kappa shape index (κ1) is 43.7. The number of fused-ring (bicyclic) bond motifs is 4. The topological polar surface area (TPSA) is 101 Å². The summed E-state index contributed by atoms with van der Waals surface area (Å²) in [6, 6.07) is 3.95. The maximum atomic E-state index is 5.83. The molecule has 0 aliphatic carbocycles. The molecule has 0 spiro atoms. The van der Waals surface area contributed by atoms with Crippen molar-refractivity contribution in [3.8, 4) is 0 Å². The second kappa shape index (κ2) is 25.7. The molecule has 8 fully saturated rings. The van der Waals surface area contributed by atoms with E-state index in [4.69, 9.17) is 23.7 Å². The zero-order valence-electron chi connectivity index (χ0n) is 34.3. The molecule has 0 aromatic carbocycles. The predicted octanol–water partition coefficient (Wildman–Crippen LogP) is 3.90. The minimum absolute atomic E-state index is 0.541. The molecule has 0 aromatic heterocycles. The Kier molecular flexibility index (Phi) is 21.2. The number of ether oxygens (including phenoxy) is 5. The van der Waals surface area contributed by atoms with Gasteiger partial charge in [0.25, 0.3) is 0 Å². The normalized spacial score (nSPS) is 33.7. The van der Waals surface area contributed by atoms with Gasteiger partial charge in [0.2, 0.25) is 0 Å². The lowest BCUT2D eigenvalue weighted by molar-refractivity contribution is 0.0141. The van der Waals surface area contributed by atoms with E-state index in [0.29, 0.717) is 6.10 Å². The number of rotatable bonds is 13. The molecule has 0 saturated carbocycles. The van der Waals surface area contributed by atoms with E-state index in [9.17, 15) is 0 Å². The van der Waals surface area contributed by atoms with E-state index in [1.165, 1.54) is 116 Å². The van der Waals surface area contributed by atoms with Gasteiger partial charge >= 0.3 is 0 Å². The van der Waals surface area contributed by atoms with Crippen molar-refractivity contribution in [1.29, 1.82) is 0 Å². The van der Waals surface area contributed by atoms with Gasteiger partial charge in [-0.05, 0) is 154 Å². The monoisotopic (exact) mass is 751 g/mol. The molecular formula is C42H82N6O5. The lowest BCUT2D eigenvalue weighted by Crippen LogP contribution is -2.40. The first-order chi connectivity index (χ1) is 26.1. The van der Waals surface area contributed by atoms with Crippen LogP contribution in [-0.2, 0) is 23.7 Å². The summed E-state index contributed by atoms with van der Waals surface area (Å²) < 4.78 is 27.4. The van der Waals surface area contributed by atoms with Crippen molar-refractivity contribution in [2.24, 2.45) is 17.8 Å². The van der Waals surface area contributed by atoms with E-state index < -0.39 is 0 Å². The number of piperidine rings is 4. The quantitative estimate of drug-likeness (QED) is 0.207. The van der Waals surface area contributed by atoms with Crippen molar-refractivity contribution in [3.05, 3.63) is 0 Å². The molecule has 8 rings (SSSR count). The van der Waals surface area contributed by atoms with E-state index in [2.05, 4.69) is 38.1 Å². The molecule has 0 aromatic rings. The van der Waals surface area contributed by atoms with Crippen molar-refractivity contribution >= 4 is 0 Å². The van der Waals surface area contributed by atoms with Gasteiger partial charge in [0.05, 0.1) is 25.9 Å². The molecule has 4 bridgehead atoms. The van der Waals surface area contributed by atoms with Gasteiger partial charge in [0.15, 0.2) is 0 Å². The van der Waals surface area contributed by atoms with Gasteiger partial charge in [-0.1, -0.05) is 0 Å². The van der Waals surface area contributed by atoms with Crippen molar-refractivity contribution in [3.63, 3.8) is 0 Å². The number of hydrogen-bond donors (Lipinski definition) is 4. The fourth-order valence-corrected chi connectivity index (χ4v) is 9.92. The van der Waals surface area contributed by atoms with Crippen molar-refractivity contribution in [2.45, 2.75) is 133 Å². The lowest BCUT2D eigenvalue weighted by Gasteiger charge is -2.28. The summed E-state index contributed by atoms with van der Waals surface area (Å²) in [7, 11) is 5.88. The third-order valence-corrected chi connectivity index (χ3v) is 13.3. The van der Waals surface area contributed by atoms with Crippen LogP contribution in [0.5, 0.6) is 0 Å².